The molecule has 0 saturated carbocycles. The molecule has 1 aliphatic rings. The van der Waals surface area contributed by atoms with Crippen LogP contribution in [0.25, 0.3) is 0 Å². The van der Waals surface area contributed by atoms with Crippen LogP contribution in [0.4, 0.5) is 11.4 Å². The van der Waals surface area contributed by atoms with Gasteiger partial charge >= 0.3 is 0 Å². The smallest absolute Gasteiger partial charge is 0.287 e. The SMILES string of the molecule is CN1CCC(CNc2ccc([N+](=O)[O-])c(C#N)c2)CC1. The summed E-state index contributed by atoms with van der Waals surface area (Å²) in [7, 11) is 2.12. The van der Waals surface area contributed by atoms with Crippen molar-refractivity contribution in [2.75, 3.05) is 32.0 Å². The summed E-state index contributed by atoms with van der Waals surface area (Å²) in [6.07, 6.45) is 2.31. The Kier molecular flexibility index (Phi) is 4.53. The molecule has 106 valence electrons. The first-order valence-electron chi connectivity index (χ1n) is 6.71. The van der Waals surface area contributed by atoms with Crippen LogP contribution in [0.5, 0.6) is 0 Å². The van der Waals surface area contributed by atoms with Crippen molar-refractivity contribution in [1.82, 2.24) is 4.90 Å². The molecule has 1 heterocycles. The van der Waals surface area contributed by atoms with E-state index in [2.05, 4.69) is 17.3 Å². The number of hydrogen-bond donors (Lipinski definition) is 1. The monoisotopic (exact) mass is 274 g/mol. The Morgan fingerprint density at radius 1 is 1.50 bits per heavy atom. The van der Waals surface area contributed by atoms with Crippen molar-refractivity contribution in [1.29, 1.82) is 5.26 Å². The number of nitro groups is 1. The van der Waals surface area contributed by atoms with Gasteiger partial charge < -0.3 is 10.2 Å². The minimum Gasteiger partial charge on any atom is -0.385 e. The first-order valence-corrected chi connectivity index (χ1v) is 6.71. The Morgan fingerprint density at radius 2 is 2.20 bits per heavy atom. The normalized spacial score (nSPS) is 16.6. The van der Waals surface area contributed by atoms with Gasteiger partial charge in [-0.05, 0) is 51.0 Å². The van der Waals surface area contributed by atoms with E-state index in [0.29, 0.717) is 5.92 Å². The van der Waals surface area contributed by atoms with E-state index in [1.807, 2.05) is 6.07 Å². The van der Waals surface area contributed by atoms with Crippen molar-refractivity contribution in [3.8, 4) is 6.07 Å². The summed E-state index contributed by atoms with van der Waals surface area (Å²) in [5.74, 6) is 0.618. The van der Waals surface area contributed by atoms with Gasteiger partial charge in [-0.1, -0.05) is 0 Å². The van der Waals surface area contributed by atoms with Crippen LogP contribution < -0.4 is 5.32 Å². The number of rotatable bonds is 4. The number of nitrogens with zero attached hydrogens (tertiary/aromatic N) is 3. The maximum atomic E-state index is 10.8. The van der Waals surface area contributed by atoms with Gasteiger partial charge in [0.15, 0.2) is 0 Å². The quantitative estimate of drug-likeness (QED) is 0.672. The Labute approximate surface area is 118 Å². The standard InChI is InChI=1S/C14H18N4O2/c1-17-6-4-11(5-7-17)10-16-13-2-3-14(18(19)20)12(8-13)9-15/h2-3,8,11,16H,4-7,10H2,1H3. The van der Waals surface area contributed by atoms with E-state index >= 15 is 0 Å². The number of nitro benzene ring substituents is 1. The summed E-state index contributed by atoms with van der Waals surface area (Å²) in [5.41, 5.74) is 0.729. The van der Waals surface area contributed by atoms with E-state index in [-0.39, 0.29) is 11.3 Å². The Balaban J connectivity index is 1.97. The zero-order chi connectivity index (χ0) is 14.5. The molecular weight excluding hydrogens is 256 g/mol. The highest BCUT2D eigenvalue weighted by Crippen LogP contribution is 2.23. The van der Waals surface area contributed by atoms with Gasteiger partial charge in [0.25, 0.3) is 5.69 Å². The molecule has 20 heavy (non-hydrogen) atoms. The molecule has 0 unspecified atom stereocenters. The van der Waals surface area contributed by atoms with Crippen LogP contribution in [0.3, 0.4) is 0 Å². The summed E-state index contributed by atoms with van der Waals surface area (Å²) < 4.78 is 0. The molecule has 1 fully saturated rings. The molecule has 2 rings (SSSR count). The number of piperidine rings is 1. The minimum absolute atomic E-state index is 0.100. The van der Waals surface area contributed by atoms with Crippen LogP contribution in [0.15, 0.2) is 18.2 Å². The second-order valence-corrected chi connectivity index (χ2v) is 5.23. The van der Waals surface area contributed by atoms with Crippen molar-refractivity contribution in [3.63, 3.8) is 0 Å². The lowest BCUT2D eigenvalue weighted by atomic mass is 9.97. The topological polar surface area (TPSA) is 82.2 Å². The predicted octanol–water partition coefficient (Wildman–Crippen LogP) is 2.22. The molecule has 6 heteroatoms. The maximum absolute atomic E-state index is 10.8. The van der Waals surface area contributed by atoms with E-state index in [4.69, 9.17) is 5.26 Å². The Hall–Kier alpha value is -2.13. The lowest BCUT2D eigenvalue weighted by Crippen LogP contribution is -2.32. The van der Waals surface area contributed by atoms with Crippen molar-refractivity contribution in [3.05, 3.63) is 33.9 Å². The summed E-state index contributed by atoms with van der Waals surface area (Å²) >= 11 is 0. The van der Waals surface area contributed by atoms with E-state index in [9.17, 15) is 10.1 Å². The third-order valence-corrected chi connectivity index (χ3v) is 3.75. The highest BCUT2D eigenvalue weighted by Gasteiger charge is 2.17. The number of hydrogen-bond acceptors (Lipinski definition) is 5. The fraction of sp³-hybridized carbons (Fsp3) is 0.500. The fourth-order valence-electron chi connectivity index (χ4n) is 2.42. The molecule has 0 aliphatic carbocycles. The molecule has 0 radical (unpaired) electrons. The molecule has 0 bridgehead atoms. The van der Waals surface area contributed by atoms with Gasteiger partial charge in [0.05, 0.1) is 4.92 Å². The summed E-state index contributed by atoms with van der Waals surface area (Å²) in [5, 5.41) is 23.0. The van der Waals surface area contributed by atoms with E-state index in [1.54, 1.807) is 12.1 Å². The molecule has 1 aliphatic heterocycles. The summed E-state index contributed by atoms with van der Waals surface area (Å²) in [6, 6.07) is 6.47. The number of nitrogens with one attached hydrogen (secondary N) is 1. The van der Waals surface area contributed by atoms with E-state index < -0.39 is 4.92 Å². The van der Waals surface area contributed by atoms with Gasteiger partial charge in [-0.2, -0.15) is 5.26 Å². The first-order chi connectivity index (χ1) is 9.60. The molecule has 6 nitrogen and oxygen atoms in total. The lowest BCUT2D eigenvalue weighted by molar-refractivity contribution is -0.385. The van der Waals surface area contributed by atoms with Gasteiger partial charge in [0.1, 0.15) is 11.6 Å². The lowest BCUT2D eigenvalue weighted by Gasteiger charge is -2.29. The molecule has 1 saturated heterocycles. The fourth-order valence-corrected chi connectivity index (χ4v) is 2.42. The molecule has 1 aromatic carbocycles. The number of nitriles is 1. The average Bonchev–Trinajstić information content (AvgIpc) is 2.46. The largest absolute Gasteiger partial charge is 0.385 e. The third kappa shape index (κ3) is 3.45. The van der Waals surface area contributed by atoms with Crippen molar-refractivity contribution in [2.45, 2.75) is 12.8 Å². The maximum Gasteiger partial charge on any atom is 0.287 e. The van der Waals surface area contributed by atoms with Crippen LogP contribution in [0, 0.1) is 27.4 Å². The summed E-state index contributed by atoms with van der Waals surface area (Å²) in [6.45, 7) is 3.06. The molecule has 1 aromatic rings. The van der Waals surface area contributed by atoms with Gasteiger partial charge in [-0.3, -0.25) is 10.1 Å². The highest BCUT2D eigenvalue weighted by atomic mass is 16.6. The third-order valence-electron chi connectivity index (χ3n) is 3.75. The number of anilines is 1. The number of benzene rings is 1. The molecule has 0 amide bonds. The van der Waals surface area contributed by atoms with E-state index in [1.165, 1.54) is 6.07 Å². The molecule has 0 atom stereocenters. The Morgan fingerprint density at radius 3 is 2.80 bits per heavy atom. The Bertz CT molecular complexity index is 530. The number of likely N-dealkylation sites (tertiary alicyclic amines) is 1. The van der Waals surface area contributed by atoms with Crippen LogP contribution in [0.1, 0.15) is 18.4 Å². The van der Waals surface area contributed by atoms with Crippen LogP contribution >= 0.6 is 0 Å². The first kappa shape index (κ1) is 14.3. The van der Waals surface area contributed by atoms with Crippen LogP contribution in [-0.4, -0.2) is 36.5 Å². The van der Waals surface area contributed by atoms with Crippen molar-refractivity contribution >= 4 is 11.4 Å². The van der Waals surface area contributed by atoms with Gasteiger partial charge in [-0.15, -0.1) is 0 Å². The minimum atomic E-state index is -0.528. The second kappa shape index (κ2) is 6.35. The zero-order valence-corrected chi connectivity index (χ0v) is 11.5. The zero-order valence-electron chi connectivity index (χ0n) is 11.5. The highest BCUT2D eigenvalue weighted by molar-refractivity contribution is 5.58. The average molecular weight is 274 g/mol. The molecule has 0 spiro atoms. The second-order valence-electron chi connectivity index (χ2n) is 5.23. The molecule has 0 aromatic heterocycles. The molecular formula is C14H18N4O2. The molecule has 1 N–H and O–H groups in total. The van der Waals surface area contributed by atoms with Gasteiger partial charge in [-0.25, -0.2) is 0 Å². The van der Waals surface area contributed by atoms with Gasteiger partial charge in [0.2, 0.25) is 0 Å². The van der Waals surface area contributed by atoms with Crippen LogP contribution in [-0.2, 0) is 0 Å². The van der Waals surface area contributed by atoms with Crippen molar-refractivity contribution < 1.29 is 4.92 Å². The predicted molar refractivity (Wildman–Crippen MR) is 76.5 cm³/mol. The van der Waals surface area contributed by atoms with Gasteiger partial charge in [0, 0.05) is 18.3 Å². The van der Waals surface area contributed by atoms with Crippen LogP contribution in [0.2, 0.25) is 0 Å². The summed E-state index contributed by atoms with van der Waals surface area (Å²) in [4.78, 5) is 12.5. The van der Waals surface area contributed by atoms with E-state index in [0.717, 1.165) is 38.2 Å². The van der Waals surface area contributed by atoms with Crippen molar-refractivity contribution in [2.24, 2.45) is 5.92 Å².